The molecule has 0 heterocycles. The monoisotopic (exact) mass is 1700 g/mol. The fraction of sp³-hybridized carbons (Fsp3) is 0.805. The first-order chi connectivity index (χ1) is 50.2. The molecule has 0 aliphatic heterocycles. The van der Waals surface area contributed by atoms with Crippen LogP contribution in [0.4, 0.5) is 13.2 Å². The number of carboxylic acids is 1. The minimum Gasteiger partial charge on any atom is -0.870 e. The van der Waals surface area contributed by atoms with Crippen molar-refractivity contribution >= 4 is 82.4 Å². The van der Waals surface area contributed by atoms with Gasteiger partial charge < -0.3 is 74.5 Å². The number of carbonyl (C=O) groups excluding carboxylic acids is 4. The van der Waals surface area contributed by atoms with Gasteiger partial charge in [0.05, 0.1) is 28.5 Å². The Bertz CT molecular complexity index is 1310. The van der Waals surface area contributed by atoms with Crippen LogP contribution >= 0.6 is 25.0 Å². The van der Waals surface area contributed by atoms with E-state index >= 15 is 0 Å². The largest absolute Gasteiger partial charge is 1.00 e. The van der Waals surface area contributed by atoms with E-state index in [1.807, 2.05) is 190 Å². The molecule has 1 radical (unpaired) electrons. The second-order valence-corrected chi connectivity index (χ2v) is 17.0. The van der Waals surface area contributed by atoms with Crippen molar-refractivity contribution in [3.05, 3.63) is 24.3 Å². The molecule has 0 aromatic heterocycles. The predicted octanol–water partition coefficient (Wildman–Crippen LogP) is 18.1. The maximum atomic E-state index is 11.2. The molecule has 681 valence electrons. The van der Waals surface area contributed by atoms with Crippen molar-refractivity contribution in [3.8, 4) is 36.5 Å². The maximum Gasteiger partial charge on any atom is 1.00 e. The summed E-state index contributed by atoms with van der Waals surface area (Å²) < 4.78 is 51.0. The first-order valence-corrected chi connectivity index (χ1v) is 38.4. The van der Waals surface area contributed by atoms with Gasteiger partial charge in [-0.3, -0.25) is 18.8 Å². The zero-order valence-electron chi connectivity index (χ0n) is 84.0. The third-order valence-corrected chi connectivity index (χ3v) is 4.82. The molecule has 0 saturated carbocycles. The number of methoxy groups -OCH3 is 4. The first kappa shape index (κ1) is 226. The molecule has 8 N–H and O–H groups in total. The van der Waals surface area contributed by atoms with Crippen molar-refractivity contribution in [2.75, 3.05) is 42.7 Å². The number of alkyl halides is 3. The van der Waals surface area contributed by atoms with E-state index in [0.717, 1.165) is 33.7 Å². The summed E-state index contributed by atoms with van der Waals surface area (Å²) in [6.07, 6.45) is 29.4. The molecule has 0 aromatic carbocycles. The van der Waals surface area contributed by atoms with Crippen LogP contribution in [0.25, 0.3) is 0 Å². The van der Waals surface area contributed by atoms with Crippen molar-refractivity contribution in [2.45, 2.75) is 407 Å². The molecule has 0 aliphatic rings. The number of terminal acetylenes is 2. The molecule has 111 heavy (non-hydrogen) atoms. The Morgan fingerprint density at radius 1 is 0.532 bits per heavy atom. The van der Waals surface area contributed by atoms with Crippen LogP contribution in [0, 0.1) is 36.5 Å². The van der Waals surface area contributed by atoms with Crippen molar-refractivity contribution in [1.82, 2.24) is 0 Å². The van der Waals surface area contributed by atoms with Crippen LogP contribution in [-0.2, 0) is 42.9 Å². The number of carbonyl (C=O) groups is 5. The predicted molar refractivity (Wildman–Crippen MR) is 495 cm³/mol. The number of thiol groups is 1. The normalized spacial score (nSPS) is 6.50. The number of aliphatic hydroxyl groups excluding tert-OH is 1. The van der Waals surface area contributed by atoms with Gasteiger partial charge in [0.2, 0.25) is 0 Å². The molecule has 0 rings (SSSR count). The molecule has 0 aliphatic carbocycles. The summed E-state index contributed by atoms with van der Waals surface area (Å²) in [4.78, 5) is 45.8. The van der Waals surface area contributed by atoms with Crippen molar-refractivity contribution in [3.63, 3.8) is 0 Å². The van der Waals surface area contributed by atoms with Gasteiger partial charge in [0.1, 0.15) is 18.2 Å². The van der Waals surface area contributed by atoms with Gasteiger partial charge in [-0.1, -0.05) is 295 Å². The number of unbranched alkanes of at least 4 members (excludes halogenated alkanes) is 6. The summed E-state index contributed by atoms with van der Waals surface area (Å²) in [5.41, 5.74) is -1.68. The van der Waals surface area contributed by atoms with Gasteiger partial charge in [-0.05, 0) is 102 Å². The molecular formula is C82H196B3F3KNNaO18S2. The molecule has 0 fully saturated rings. The van der Waals surface area contributed by atoms with Gasteiger partial charge in [0.25, 0.3) is 5.97 Å². The van der Waals surface area contributed by atoms with E-state index in [1.54, 1.807) is 55.6 Å². The molecular weight excluding hydrogens is 1500 g/mol. The number of halogens is 3. The number of hydrogen-bond donors (Lipinski definition) is 8. The topological polar surface area (TPSA) is 329 Å². The standard InChI is InChI=1S/C6H14.C5H8O.C5H12.C4H9O.C4H10.2C4H8.C4H6.C3H6F2O.2C3H6O2.C3H6OS.C3H8.C3H4.C2H4O2.2C2H4O.9C2H6.2CH5BO2.CH3F.CH4O.BHNS.K.Na.H2O/c1-3-5-6-4-2;1-4-5(2,3)6;1-3-5-4-2;1-4(2,3)5;4*1-3-4-2;1-3(4,5)6-2;2*1-3(4)5-2;1-3(5)4-2;2*1-3-2;1-2(3)4;2*1-2-3;9*1-2;2*1-2(3)4;2*1-2;1-2-3;;;/h3-6H2,1-2H3;1,6H,2-3H3;3-5H2,1-2H3;1-3H3;3-4H2,1-2H3;2*3-4H,1-2H3;1-2H3;1-2H3;3*1-2H3;3H2,1-2H3;1H,2H3;1H3,(H,3,4);2*2H,1H3;9*1-2H3;2*3-4H,1H3;1H3;2H,1H3;3H;;;1H2/q;;;-1;;;;;;;;;;;;;;;;;;;;;;;;;;;;2*+1;/p-1. The average Bonchev–Trinajstić information content (AvgIpc) is 1.05. The molecule has 0 spiro atoms. The summed E-state index contributed by atoms with van der Waals surface area (Å²) in [5.74, 6) is 8.45. The van der Waals surface area contributed by atoms with E-state index in [1.165, 1.54) is 120 Å². The fourth-order valence-corrected chi connectivity index (χ4v) is 0.854. The smallest absolute Gasteiger partial charge is 0.870 e. The van der Waals surface area contributed by atoms with Gasteiger partial charge in [-0.25, -0.2) is 0 Å². The van der Waals surface area contributed by atoms with E-state index in [9.17, 15) is 27.9 Å². The minimum atomic E-state index is -2.96. The van der Waals surface area contributed by atoms with E-state index < -0.39 is 37.5 Å². The number of hydrogen-bond acceptors (Lipinski definition) is 20. The molecule has 0 atom stereocenters. The van der Waals surface area contributed by atoms with Crippen molar-refractivity contribution < 1.29 is 183 Å². The summed E-state index contributed by atoms with van der Waals surface area (Å²) in [6.45, 7) is 86.5. The second-order valence-electron chi connectivity index (χ2n) is 16.2. The number of thiocarbonyl (C=S) groups is 1. The van der Waals surface area contributed by atoms with Gasteiger partial charge in [0, 0.05) is 48.8 Å². The number of nitrogens with zero attached hydrogens (tertiary/aromatic N) is 1. The fourth-order valence-electron chi connectivity index (χ4n) is 0.854. The van der Waals surface area contributed by atoms with E-state index in [4.69, 9.17) is 56.2 Å². The zero-order valence-corrected chi connectivity index (χ0v) is 90.9. The number of aliphatic hydroxyl groups is 2. The Morgan fingerprint density at radius 2 is 0.622 bits per heavy atom. The van der Waals surface area contributed by atoms with E-state index in [2.05, 4.69) is 141 Å². The van der Waals surface area contributed by atoms with Crippen LogP contribution in [0.3, 0.4) is 0 Å². The Labute approximate surface area is 773 Å². The maximum absolute atomic E-state index is 11.2. The SMILES string of the molecule is C#CC.C#CC(C)(C)O.CB(O)O.CB(O)O.CC.CC.CC.CC.CC.CC.CC.CC.CC.CC#CC.CC(=O)O.CC(C)(C)[O-].CC=CC.CC=CC.CC=O.CC=O.CCC.CCCC.CCCCC.CCCCCC.CF.CO.COC(C)(F)F.COC(C)=O.COC(C)=O.COC(C)=S.[B]=NS.[K+].[Na+].[OH-]. The Morgan fingerprint density at radius 3 is 0.631 bits per heavy atom. The summed E-state index contributed by atoms with van der Waals surface area (Å²) in [7, 11) is 8.72. The molecule has 29 heteroatoms. The van der Waals surface area contributed by atoms with Crippen LogP contribution in [0.2, 0.25) is 13.6 Å². The summed E-state index contributed by atoms with van der Waals surface area (Å²) >= 11 is 7.67. The molecule has 0 saturated heterocycles. The van der Waals surface area contributed by atoms with Gasteiger partial charge in [0.15, 0.2) is 5.05 Å². The number of aldehydes is 2. The Kier molecular flexibility index (Phi) is 723. The number of aliphatic carboxylic acids is 1. The molecule has 19 nitrogen and oxygen atoms in total. The van der Waals surface area contributed by atoms with Gasteiger partial charge in [-0.2, -0.15) is 8.78 Å². The first-order valence-electron chi connectivity index (χ1n) is 37.6. The zero-order chi connectivity index (χ0) is 96.6. The molecule has 0 bridgehead atoms. The van der Waals surface area contributed by atoms with Crippen LogP contribution in [0.15, 0.2) is 28.6 Å². The minimum absolute atomic E-state index is 0. The third-order valence-electron chi connectivity index (χ3n) is 4.65. The number of allylic oxidation sites excluding steroid dienone is 4. The number of rotatable bonds is 7. The van der Waals surface area contributed by atoms with E-state index in [0.29, 0.717) is 19.2 Å². The third kappa shape index (κ3) is 3310. The number of esters is 2. The molecule has 0 aromatic rings. The Hall–Kier alpha value is -1.79. The van der Waals surface area contributed by atoms with Crippen LogP contribution < -0.4 is 86.0 Å². The van der Waals surface area contributed by atoms with Crippen molar-refractivity contribution in [2.24, 2.45) is 4.30 Å². The van der Waals surface area contributed by atoms with Gasteiger partial charge in [-0.15, -0.1) is 36.2 Å². The average molecular weight is 1700 g/mol. The van der Waals surface area contributed by atoms with Crippen LogP contribution in [-0.4, -0.2) is 158 Å². The number of ether oxygens (including phenoxy) is 4. The number of carboxylic acid groups (broad SMARTS) is 1. The van der Waals surface area contributed by atoms with Crippen LogP contribution in [0.1, 0.15) is 376 Å². The molecule has 0 unspecified atom stereocenters. The quantitative estimate of drug-likeness (QED) is 0.0172. The molecule has 0 amide bonds. The summed E-state index contributed by atoms with van der Waals surface area (Å²) in [5, 5.41) is 64.1. The van der Waals surface area contributed by atoms with Crippen molar-refractivity contribution in [1.29, 1.82) is 0 Å². The second kappa shape index (κ2) is 355. The van der Waals surface area contributed by atoms with E-state index in [-0.39, 0.29) is 98.4 Å². The van der Waals surface area contributed by atoms with Gasteiger partial charge >= 0.3 is 138 Å². The Balaban J connectivity index is -0.0000000174. The summed E-state index contributed by atoms with van der Waals surface area (Å²) in [6, 6.07) is 0. The van der Waals surface area contributed by atoms with Crippen LogP contribution in [0.5, 0.6) is 0 Å².